The molecule has 1 aliphatic rings. The highest BCUT2D eigenvalue weighted by atomic mass is 16.3. The van der Waals surface area contributed by atoms with Gasteiger partial charge >= 0.3 is 0 Å². The lowest BCUT2D eigenvalue weighted by Gasteiger charge is -2.19. The second-order valence-electron chi connectivity index (χ2n) is 6.89. The molecule has 0 spiro atoms. The first-order valence-electron chi connectivity index (χ1n) is 8.62. The van der Waals surface area contributed by atoms with Crippen LogP contribution in [0.25, 0.3) is 5.69 Å². The summed E-state index contributed by atoms with van der Waals surface area (Å²) in [5, 5.41) is 21.2. The zero-order chi connectivity index (χ0) is 19.0. The molecule has 0 saturated carbocycles. The van der Waals surface area contributed by atoms with Crippen LogP contribution in [0.2, 0.25) is 0 Å². The predicted octanol–water partition coefficient (Wildman–Crippen LogP) is 1.59. The van der Waals surface area contributed by atoms with E-state index in [1.165, 1.54) is 28.2 Å². The maximum absolute atomic E-state index is 12.8. The summed E-state index contributed by atoms with van der Waals surface area (Å²) in [6.45, 7) is 2.37. The van der Waals surface area contributed by atoms with Crippen LogP contribution in [0.1, 0.15) is 27.0 Å². The Bertz CT molecular complexity index is 986. The SMILES string of the molecule is CN1Cc2ccc(CN(C)C(=O)c3ccc(-n4cnnn4)cc3O)cc2C1. The standard InChI is InChI=1S/C19H20N6O2/c1-23-10-14-4-3-13(7-15(14)11-23)9-24(2)19(27)17-6-5-16(8-18(17)26)25-12-20-21-22-25/h3-8,12,26H,9-11H2,1-2H3. The average Bonchev–Trinajstić information content (AvgIpc) is 3.29. The number of carbonyl (C=O) groups is 1. The van der Waals surface area contributed by atoms with Gasteiger partial charge in [0, 0.05) is 32.7 Å². The van der Waals surface area contributed by atoms with E-state index >= 15 is 0 Å². The Morgan fingerprint density at radius 3 is 2.74 bits per heavy atom. The second kappa shape index (κ2) is 6.81. The summed E-state index contributed by atoms with van der Waals surface area (Å²) in [5.41, 5.74) is 4.55. The number of phenolic OH excluding ortho intramolecular Hbond substituents is 1. The number of hydrogen-bond donors (Lipinski definition) is 1. The molecule has 0 fully saturated rings. The molecule has 27 heavy (non-hydrogen) atoms. The number of amides is 1. The first-order valence-corrected chi connectivity index (χ1v) is 8.62. The highest BCUT2D eigenvalue weighted by Crippen LogP contribution is 2.25. The molecule has 1 N–H and O–H groups in total. The van der Waals surface area contributed by atoms with Crippen molar-refractivity contribution in [3.05, 3.63) is 65.0 Å². The number of aromatic hydroxyl groups is 1. The van der Waals surface area contributed by atoms with Crippen molar-refractivity contribution in [3.8, 4) is 11.4 Å². The minimum absolute atomic E-state index is 0.101. The number of tetrazole rings is 1. The number of benzene rings is 2. The van der Waals surface area contributed by atoms with E-state index in [4.69, 9.17) is 0 Å². The van der Waals surface area contributed by atoms with Gasteiger partial charge < -0.3 is 10.0 Å². The van der Waals surface area contributed by atoms with Crippen molar-refractivity contribution in [3.63, 3.8) is 0 Å². The second-order valence-corrected chi connectivity index (χ2v) is 6.89. The number of hydrogen-bond acceptors (Lipinski definition) is 6. The van der Waals surface area contributed by atoms with Crippen molar-refractivity contribution in [1.82, 2.24) is 30.0 Å². The summed E-state index contributed by atoms with van der Waals surface area (Å²) < 4.78 is 1.42. The molecule has 0 bridgehead atoms. The normalized spacial score (nSPS) is 13.6. The fraction of sp³-hybridized carbons (Fsp3) is 0.263. The quantitative estimate of drug-likeness (QED) is 0.756. The first-order chi connectivity index (χ1) is 13.0. The van der Waals surface area contributed by atoms with Gasteiger partial charge in [0.15, 0.2) is 0 Å². The highest BCUT2D eigenvalue weighted by Gasteiger charge is 2.19. The van der Waals surface area contributed by atoms with E-state index < -0.39 is 0 Å². The summed E-state index contributed by atoms with van der Waals surface area (Å²) in [6.07, 6.45) is 1.42. The van der Waals surface area contributed by atoms with Crippen LogP contribution in [0.5, 0.6) is 5.75 Å². The minimum atomic E-state index is -0.242. The third kappa shape index (κ3) is 3.39. The van der Waals surface area contributed by atoms with Crippen molar-refractivity contribution in [1.29, 1.82) is 0 Å². The smallest absolute Gasteiger partial charge is 0.257 e. The van der Waals surface area contributed by atoms with E-state index in [2.05, 4.69) is 45.7 Å². The van der Waals surface area contributed by atoms with Crippen LogP contribution in [0, 0.1) is 0 Å². The zero-order valence-electron chi connectivity index (χ0n) is 15.2. The summed E-state index contributed by atoms with van der Waals surface area (Å²) in [6, 6.07) is 11.1. The summed E-state index contributed by atoms with van der Waals surface area (Å²) in [5.74, 6) is -0.344. The van der Waals surface area contributed by atoms with E-state index in [9.17, 15) is 9.90 Å². The molecule has 0 aliphatic carbocycles. The van der Waals surface area contributed by atoms with Gasteiger partial charge in [0.05, 0.1) is 11.3 Å². The molecule has 3 aromatic rings. The zero-order valence-corrected chi connectivity index (χ0v) is 15.2. The number of rotatable bonds is 4. The molecule has 1 amide bonds. The van der Waals surface area contributed by atoms with Gasteiger partial charge in [-0.15, -0.1) is 5.10 Å². The van der Waals surface area contributed by atoms with Gasteiger partial charge in [-0.2, -0.15) is 0 Å². The third-order valence-electron chi connectivity index (χ3n) is 4.74. The van der Waals surface area contributed by atoms with Gasteiger partial charge in [0.25, 0.3) is 5.91 Å². The molecule has 2 heterocycles. The summed E-state index contributed by atoms with van der Waals surface area (Å²) in [4.78, 5) is 16.6. The van der Waals surface area contributed by atoms with E-state index in [-0.39, 0.29) is 17.2 Å². The van der Waals surface area contributed by atoms with Crippen LogP contribution < -0.4 is 0 Å². The first kappa shape index (κ1) is 17.2. The van der Waals surface area contributed by atoms with Crippen LogP contribution in [0.3, 0.4) is 0 Å². The Balaban J connectivity index is 1.50. The van der Waals surface area contributed by atoms with Crippen molar-refractivity contribution in [2.45, 2.75) is 19.6 Å². The Labute approximate surface area is 156 Å². The third-order valence-corrected chi connectivity index (χ3v) is 4.74. The monoisotopic (exact) mass is 364 g/mol. The molecule has 8 nitrogen and oxygen atoms in total. The lowest BCUT2D eigenvalue weighted by atomic mass is 10.1. The largest absolute Gasteiger partial charge is 0.507 e. The average molecular weight is 364 g/mol. The van der Waals surface area contributed by atoms with Crippen LogP contribution >= 0.6 is 0 Å². The van der Waals surface area contributed by atoms with Crippen LogP contribution in [-0.2, 0) is 19.6 Å². The molecule has 1 aromatic heterocycles. The highest BCUT2D eigenvalue weighted by molar-refractivity contribution is 5.96. The fourth-order valence-electron chi connectivity index (χ4n) is 3.39. The molecule has 138 valence electrons. The van der Waals surface area contributed by atoms with Gasteiger partial charge in [-0.05, 0) is 46.3 Å². The van der Waals surface area contributed by atoms with E-state index in [1.54, 1.807) is 24.1 Å². The lowest BCUT2D eigenvalue weighted by molar-refractivity contribution is 0.0782. The maximum Gasteiger partial charge on any atom is 0.257 e. The Kier molecular flexibility index (Phi) is 4.33. The van der Waals surface area contributed by atoms with Crippen LogP contribution in [0.4, 0.5) is 0 Å². The summed E-state index contributed by atoms with van der Waals surface area (Å²) >= 11 is 0. The lowest BCUT2D eigenvalue weighted by Crippen LogP contribution is -2.26. The van der Waals surface area contributed by atoms with Gasteiger partial charge in [0.2, 0.25) is 0 Å². The Morgan fingerprint density at radius 1 is 1.19 bits per heavy atom. The van der Waals surface area contributed by atoms with Crippen molar-refractivity contribution >= 4 is 5.91 Å². The van der Waals surface area contributed by atoms with E-state index in [0.29, 0.717) is 12.2 Å². The number of nitrogens with zero attached hydrogens (tertiary/aromatic N) is 6. The molecule has 2 aromatic carbocycles. The molecule has 0 radical (unpaired) electrons. The Morgan fingerprint density at radius 2 is 2.00 bits per heavy atom. The van der Waals surface area contributed by atoms with Crippen LogP contribution in [-0.4, -0.2) is 55.1 Å². The molecule has 0 unspecified atom stereocenters. The number of aromatic nitrogens is 4. The topological polar surface area (TPSA) is 87.4 Å². The minimum Gasteiger partial charge on any atom is -0.507 e. The van der Waals surface area contributed by atoms with Crippen molar-refractivity contribution in [2.24, 2.45) is 0 Å². The number of carbonyl (C=O) groups excluding carboxylic acids is 1. The van der Waals surface area contributed by atoms with Gasteiger partial charge in [-0.1, -0.05) is 18.2 Å². The van der Waals surface area contributed by atoms with Crippen molar-refractivity contribution in [2.75, 3.05) is 14.1 Å². The molecule has 0 atom stereocenters. The molecule has 0 saturated heterocycles. The Hall–Kier alpha value is -3.26. The van der Waals surface area contributed by atoms with Crippen LogP contribution in [0.15, 0.2) is 42.7 Å². The summed E-state index contributed by atoms with van der Waals surface area (Å²) in [7, 11) is 3.83. The molecular weight excluding hydrogens is 344 g/mol. The van der Waals surface area contributed by atoms with E-state index in [0.717, 1.165) is 18.7 Å². The molecule has 4 rings (SSSR count). The van der Waals surface area contributed by atoms with Gasteiger partial charge in [-0.25, -0.2) is 4.68 Å². The van der Waals surface area contributed by atoms with Gasteiger partial charge in [0.1, 0.15) is 12.1 Å². The molecule has 8 heteroatoms. The molecule has 1 aliphatic heterocycles. The predicted molar refractivity (Wildman–Crippen MR) is 98.2 cm³/mol. The maximum atomic E-state index is 12.8. The van der Waals surface area contributed by atoms with E-state index in [1.807, 2.05) is 0 Å². The molecular formula is C19H20N6O2. The number of phenols is 1. The van der Waals surface area contributed by atoms with Gasteiger partial charge in [-0.3, -0.25) is 9.69 Å². The van der Waals surface area contributed by atoms with Crippen molar-refractivity contribution < 1.29 is 9.90 Å². The fourth-order valence-corrected chi connectivity index (χ4v) is 3.39. The number of fused-ring (bicyclic) bond motifs is 1.